The first kappa shape index (κ1) is 30.8. The van der Waals surface area contributed by atoms with Gasteiger partial charge in [-0.25, -0.2) is 15.0 Å². The van der Waals surface area contributed by atoms with Crippen LogP contribution in [0.5, 0.6) is 0 Å². The summed E-state index contributed by atoms with van der Waals surface area (Å²) in [6.07, 6.45) is 3.98. The highest BCUT2D eigenvalue weighted by molar-refractivity contribution is 6.05. The van der Waals surface area contributed by atoms with Crippen LogP contribution in [0, 0.1) is 6.92 Å². The lowest BCUT2D eigenvalue weighted by Crippen LogP contribution is -2.13. The van der Waals surface area contributed by atoms with Gasteiger partial charge in [-0.1, -0.05) is 128 Å². The molecule has 0 aliphatic heterocycles. The SMILES string of the molecule is Cc1cc(C(C)/C=C(\N=C(N)c2cccc(-c3cccc4cccnc34)c2)c2ccccc2)nc2c1ccc1ccc(-c3ccccc3)nc12. The largest absolute Gasteiger partial charge is 0.383 e. The van der Waals surface area contributed by atoms with E-state index in [1.807, 2.05) is 60.8 Å². The molecule has 240 valence electrons. The summed E-state index contributed by atoms with van der Waals surface area (Å²) in [5.74, 6) is 0.374. The average Bonchev–Trinajstić information content (AvgIpc) is 3.17. The lowest BCUT2D eigenvalue weighted by molar-refractivity contribution is 0.915. The van der Waals surface area contributed by atoms with Crippen LogP contribution in [0.25, 0.3) is 60.8 Å². The Morgan fingerprint density at radius 2 is 1.34 bits per heavy atom. The number of pyridine rings is 3. The number of aromatic nitrogens is 3. The molecule has 2 N–H and O–H groups in total. The number of nitrogens with zero attached hydrogens (tertiary/aromatic N) is 4. The molecule has 50 heavy (non-hydrogen) atoms. The second kappa shape index (κ2) is 13.2. The molecule has 5 aromatic carbocycles. The van der Waals surface area contributed by atoms with Crippen LogP contribution in [-0.2, 0) is 0 Å². The highest BCUT2D eigenvalue weighted by Gasteiger charge is 2.15. The van der Waals surface area contributed by atoms with Crippen molar-refractivity contribution in [2.75, 3.05) is 0 Å². The van der Waals surface area contributed by atoms with Gasteiger partial charge >= 0.3 is 0 Å². The summed E-state index contributed by atoms with van der Waals surface area (Å²) < 4.78 is 0. The standard InChI is InChI=1S/C45H35N5/c1-29-26-40(49-44-37(29)23-21-34-22-24-39(48-43(34)44)31-12-5-3-6-13-31)30(2)27-41(32-14-7-4-8-15-32)50-45(46)36-18-9-17-35(28-36)38-20-10-16-33-19-11-25-47-42(33)38/h3-28,30H,1-2H3,(H2,46,50)/b41-27-. The maximum atomic E-state index is 6.80. The van der Waals surface area contributed by atoms with Crippen molar-refractivity contribution in [2.45, 2.75) is 19.8 Å². The molecule has 0 saturated carbocycles. The van der Waals surface area contributed by atoms with Crippen molar-refractivity contribution >= 4 is 44.2 Å². The fraction of sp³-hybridized carbons (Fsp3) is 0.0667. The van der Waals surface area contributed by atoms with Gasteiger partial charge in [0, 0.05) is 50.7 Å². The van der Waals surface area contributed by atoms with Crippen LogP contribution in [0.3, 0.4) is 0 Å². The molecule has 0 bridgehead atoms. The Balaban J connectivity index is 1.20. The van der Waals surface area contributed by atoms with Crippen LogP contribution >= 0.6 is 0 Å². The highest BCUT2D eigenvalue weighted by Crippen LogP contribution is 2.32. The fourth-order valence-electron chi connectivity index (χ4n) is 6.58. The summed E-state index contributed by atoms with van der Waals surface area (Å²) in [6, 6.07) is 49.6. The molecule has 1 atom stereocenters. The van der Waals surface area contributed by atoms with E-state index in [9.17, 15) is 0 Å². The van der Waals surface area contributed by atoms with Crippen molar-refractivity contribution in [3.8, 4) is 22.4 Å². The minimum absolute atomic E-state index is 0.0643. The van der Waals surface area contributed by atoms with Crippen LogP contribution in [-0.4, -0.2) is 20.8 Å². The van der Waals surface area contributed by atoms with E-state index in [-0.39, 0.29) is 5.92 Å². The first-order valence-electron chi connectivity index (χ1n) is 16.8. The Bertz CT molecular complexity index is 2570. The van der Waals surface area contributed by atoms with Gasteiger partial charge in [0.25, 0.3) is 0 Å². The van der Waals surface area contributed by atoms with E-state index in [0.717, 1.165) is 83.2 Å². The number of benzene rings is 5. The number of allylic oxidation sites excluding steroid dienone is 1. The first-order chi connectivity index (χ1) is 24.5. The van der Waals surface area contributed by atoms with Crippen LogP contribution in [0.15, 0.2) is 163 Å². The molecule has 8 aromatic rings. The number of para-hydroxylation sites is 1. The molecule has 3 aromatic heterocycles. The molecule has 0 aliphatic rings. The lowest BCUT2D eigenvalue weighted by atomic mass is 9.98. The van der Waals surface area contributed by atoms with Crippen molar-refractivity contribution in [2.24, 2.45) is 10.7 Å². The van der Waals surface area contributed by atoms with E-state index < -0.39 is 0 Å². The smallest absolute Gasteiger partial charge is 0.131 e. The molecule has 5 nitrogen and oxygen atoms in total. The minimum atomic E-state index is -0.0643. The second-order valence-corrected chi connectivity index (χ2v) is 12.6. The van der Waals surface area contributed by atoms with Crippen molar-refractivity contribution < 1.29 is 0 Å². The summed E-state index contributed by atoms with van der Waals surface area (Å²) in [5.41, 5.74) is 18.4. The topological polar surface area (TPSA) is 77.0 Å². The highest BCUT2D eigenvalue weighted by atomic mass is 14.9. The molecule has 0 saturated heterocycles. The summed E-state index contributed by atoms with van der Waals surface area (Å²) in [7, 11) is 0. The van der Waals surface area contributed by atoms with Crippen molar-refractivity contribution in [3.05, 3.63) is 180 Å². The second-order valence-electron chi connectivity index (χ2n) is 12.6. The van der Waals surface area contributed by atoms with E-state index in [1.165, 1.54) is 0 Å². The molecule has 8 rings (SSSR count). The van der Waals surface area contributed by atoms with Gasteiger partial charge in [-0.15, -0.1) is 0 Å². The predicted octanol–water partition coefficient (Wildman–Crippen LogP) is 10.5. The summed E-state index contributed by atoms with van der Waals surface area (Å²) in [5, 5.41) is 3.26. The minimum Gasteiger partial charge on any atom is -0.383 e. The number of aliphatic imine (C=N–C) groups is 1. The number of hydrogen-bond acceptors (Lipinski definition) is 4. The Morgan fingerprint density at radius 3 is 2.18 bits per heavy atom. The summed E-state index contributed by atoms with van der Waals surface area (Å²) in [6.45, 7) is 4.30. The van der Waals surface area contributed by atoms with Gasteiger partial charge in [0.1, 0.15) is 5.84 Å². The van der Waals surface area contributed by atoms with E-state index in [1.54, 1.807) is 0 Å². The summed E-state index contributed by atoms with van der Waals surface area (Å²) >= 11 is 0. The third kappa shape index (κ3) is 6.01. The van der Waals surface area contributed by atoms with E-state index in [4.69, 9.17) is 20.7 Å². The maximum absolute atomic E-state index is 6.80. The van der Waals surface area contributed by atoms with Gasteiger partial charge < -0.3 is 5.73 Å². The number of rotatable bonds is 7. The van der Waals surface area contributed by atoms with Gasteiger partial charge in [0.2, 0.25) is 0 Å². The zero-order valence-electron chi connectivity index (χ0n) is 28.0. The molecule has 0 fully saturated rings. The normalized spacial score (nSPS) is 12.8. The number of nitrogens with two attached hydrogens (primary N) is 1. The van der Waals surface area contributed by atoms with E-state index >= 15 is 0 Å². The van der Waals surface area contributed by atoms with E-state index in [2.05, 4.69) is 116 Å². The van der Waals surface area contributed by atoms with Crippen LogP contribution < -0.4 is 5.73 Å². The molecule has 0 amide bonds. The van der Waals surface area contributed by atoms with Crippen LogP contribution in [0.4, 0.5) is 0 Å². The van der Waals surface area contributed by atoms with Gasteiger partial charge in [-0.05, 0) is 54.0 Å². The van der Waals surface area contributed by atoms with Crippen molar-refractivity contribution in [3.63, 3.8) is 0 Å². The van der Waals surface area contributed by atoms with Gasteiger partial charge in [0.15, 0.2) is 0 Å². The molecular weight excluding hydrogens is 611 g/mol. The average molecular weight is 646 g/mol. The van der Waals surface area contributed by atoms with Crippen LogP contribution in [0.1, 0.15) is 35.2 Å². The number of amidine groups is 1. The molecular formula is C45H35N5. The molecule has 0 radical (unpaired) electrons. The van der Waals surface area contributed by atoms with Crippen LogP contribution in [0.2, 0.25) is 0 Å². The quantitative estimate of drug-likeness (QED) is 0.106. The zero-order valence-corrected chi connectivity index (χ0v) is 28.0. The molecule has 3 heterocycles. The number of fused-ring (bicyclic) bond motifs is 4. The third-order valence-electron chi connectivity index (χ3n) is 9.22. The molecule has 5 heteroatoms. The Labute approximate surface area is 291 Å². The first-order valence-corrected chi connectivity index (χ1v) is 16.8. The van der Waals surface area contributed by atoms with Gasteiger partial charge in [-0.3, -0.25) is 4.98 Å². The monoisotopic (exact) mass is 645 g/mol. The van der Waals surface area contributed by atoms with Crippen molar-refractivity contribution in [1.29, 1.82) is 0 Å². The lowest BCUT2D eigenvalue weighted by Gasteiger charge is -2.14. The fourth-order valence-corrected chi connectivity index (χ4v) is 6.58. The maximum Gasteiger partial charge on any atom is 0.131 e. The van der Waals surface area contributed by atoms with E-state index in [0.29, 0.717) is 5.84 Å². The number of aryl methyl sites for hydroxylation is 1. The van der Waals surface area contributed by atoms with Gasteiger partial charge in [0.05, 0.1) is 27.9 Å². The Morgan fingerprint density at radius 1 is 0.640 bits per heavy atom. The molecule has 0 spiro atoms. The molecule has 1 unspecified atom stereocenters. The predicted molar refractivity (Wildman–Crippen MR) is 208 cm³/mol. The zero-order chi connectivity index (χ0) is 34.0. The summed E-state index contributed by atoms with van der Waals surface area (Å²) in [4.78, 5) is 20.1. The Hall–Kier alpha value is -6.46. The molecule has 0 aliphatic carbocycles. The van der Waals surface area contributed by atoms with Gasteiger partial charge in [-0.2, -0.15) is 0 Å². The Kier molecular flexibility index (Phi) is 8.15. The number of hydrogen-bond donors (Lipinski definition) is 1. The third-order valence-corrected chi connectivity index (χ3v) is 9.22. The van der Waals surface area contributed by atoms with Crippen molar-refractivity contribution in [1.82, 2.24) is 15.0 Å².